The summed E-state index contributed by atoms with van der Waals surface area (Å²) in [5, 5.41) is 12.0. The van der Waals surface area contributed by atoms with Gasteiger partial charge in [0, 0.05) is 24.6 Å². The van der Waals surface area contributed by atoms with Crippen molar-refractivity contribution in [3.63, 3.8) is 0 Å². The van der Waals surface area contributed by atoms with E-state index >= 15 is 4.57 Å². The highest BCUT2D eigenvalue weighted by Gasteiger charge is 2.56. The number of H-pyrrole nitrogens is 1. The number of aromatic amines is 1. The highest BCUT2D eigenvalue weighted by molar-refractivity contribution is 7.94. The molecule has 2 aliphatic rings. The summed E-state index contributed by atoms with van der Waals surface area (Å²) in [5.41, 5.74) is 8.66. The summed E-state index contributed by atoms with van der Waals surface area (Å²) in [6, 6.07) is -0.793. The Labute approximate surface area is 365 Å². The number of aliphatic hydroxyl groups is 1. The van der Waals surface area contributed by atoms with Crippen LogP contribution in [-0.2, 0) is 59.9 Å². The molecule has 0 radical (unpaired) electrons. The second kappa shape index (κ2) is 19.1. The number of nitrogens with one attached hydrogen (secondary N) is 1. The first-order valence-corrected chi connectivity index (χ1v) is 22.4. The van der Waals surface area contributed by atoms with Crippen LogP contribution >= 0.6 is 28.6 Å². The molecule has 0 spiro atoms. The number of hydrogen-bond donors (Lipinski definition) is 4. The van der Waals surface area contributed by atoms with Crippen molar-refractivity contribution < 1.29 is 65.1 Å². The number of fused-ring (bicyclic) bond motifs is 2. The lowest BCUT2D eigenvalue weighted by atomic mass is 9.87. The average molecular weight is 945 g/mol. The molecule has 28 heteroatoms. The van der Waals surface area contributed by atoms with Gasteiger partial charge in [0.1, 0.15) is 42.4 Å². The molecule has 1 saturated carbocycles. The summed E-state index contributed by atoms with van der Waals surface area (Å²) in [6.45, 7) is 9.83. The number of rotatable bonds is 18. The highest BCUT2D eigenvalue weighted by atomic mass is 32.2. The zero-order valence-electron chi connectivity index (χ0n) is 35.6. The molecule has 1 unspecified atom stereocenters. The molecule has 4 aromatic rings. The number of methoxy groups -OCH3 is 1. The van der Waals surface area contributed by atoms with Crippen LogP contribution in [-0.4, -0.2) is 120 Å². The Morgan fingerprint density at radius 3 is 2.38 bits per heavy atom. The summed E-state index contributed by atoms with van der Waals surface area (Å²) >= 11 is 0.763. The number of aromatic nitrogens is 8. The Bertz CT molecular complexity index is 2410. The van der Waals surface area contributed by atoms with Gasteiger partial charge in [-0.05, 0) is 48.0 Å². The minimum Gasteiger partial charge on any atom is -0.452 e. The zero-order chi connectivity index (χ0) is 46.1. The van der Waals surface area contributed by atoms with E-state index in [-0.39, 0.29) is 41.9 Å². The molecule has 6 rings (SSSR count). The van der Waals surface area contributed by atoms with E-state index in [9.17, 15) is 24.1 Å². The molecule has 9 atom stereocenters. The van der Waals surface area contributed by atoms with Crippen LogP contribution in [0.2, 0.25) is 0 Å². The van der Waals surface area contributed by atoms with E-state index in [1.165, 1.54) is 30.7 Å². The molecule has 346 valence electrons. The van der Waals surface area contributed by atoms with E-state index in [2.05, 4.69) is 29.9 Å². The topological polar surface area (TPSA) is 331 Å². The minimum atomic E-state index is -4.99. The number of hydrogen-bond acceptors (Lipinski definition) is 23. The molecular weight excluding hydrogens is 894 g/mol. The van der Waals surface area contributed by atoms with Crippen molar-refractivity contribution in [3.8, 4) is 0 Å². The number of phosphoric ester groups is 1. The number of ether oxygens (including phenoxy) is 4. The molecule has 0 aromatic carbocycles. The SMILES string of the molecule is CO[C@H]1[C@@H](O[P@](=O)(OCOC(=O)C(C)(C)C)OCC2(C)C[C@@H](n3cnc4c(N)ncnc43)[C@H](O)[C@@H]2OSCOC(=O)C(C)(C)C)[C@H](n2cnc3c(=O)[nH]c(N)nc32)O[C@@H]1COP=O. The van der Waals surface area contributed by atoms with Gasteiger partial charge in [-0.25, -0.2) is 33.6 Å². The average Bonchev–Trinajstić information content (AvgIpc) is 3.97. The first kappa shape index (κ1) is 48.3. The molecule has 0 amide bonds. The summed E-state index contributed by atoms with van der Waals surface area (Å²) in [7, 11) is -4.37. The quantitative estimate of drug-likeness (QED) is 0.0366. The van der Waals surface area contributed by atoms with Crippen molar-refractivity contribution in [1.29, 1.82) is 0 Å². The van der Waals surface area contributed by atoms with Gasteiger partial charge in [0.15, 0.2) is 34.8 Å². The number of esters is 2. The third kappa shape index (κ3) is 10.5. The van der Waals surface area contributed by atoms with E-state index in [1.807, 2.05) is 0 Å². The predicted octanol–water partition coefficient (Wildman–Crippen LogP) is 3.23. The van der Waals surface area contributed by atoms with E-state index < -0.39 is 106 Å². The third-order valence-corrected chi connectivity index (χ3v) is 12.4. The standard InChI is InChI=1S/C35H50N10O15P2S/c1-33(2,3)30(48)53-15-57-62(51,59-23-22(52-8)18(10-55-61-50)58-29(23)45-14-41-20-27(45)42-32(37)43-28(20)47)56-11-35(7)9-17(44-13-40-19-25(36)38-12-39-26(19)44)21(46)24(35)60-63-16-54-31(49)34(4,5)6/h12-14,17-18,21-24,29,46H,9-11,15-16H2,1-8H3,(H2,36,38,39)(H3,37,42,43,47)/t17-,18-,21+,22-,23-,24+,29-,35?,62+/m1/s1. The third-order valence-electron chi connectivity index (χ3n) is 10.2. The molecule has 5 heterocycles. The van der Waals surface area contributed by atoms with Crippen LogP contribution in [0.4, 0.5) is 11.8 Å². The van der Waals surface area contributed by atoms with Crippen molar-refractivity contribution in [2.24, 2.45) is 16.2 Å². The van der Waals surface area contributed by atoms with Crippen LogP contribution in [0.3, 0.4) is 0 Å². The first-order chi connectivity index (χ1) is 29.6. The number of imidazole rings is 2. The second-order valence-corrected chi connectivity index (χ2v) is 19.8. The molecular formula is C35H50N10O15P2S. The van der Waals surface area contributed by atoms with Gasteiger partial charge in [-0.2, -0.15) is 4.98 Å². The molecule has 2 fully saturated rings. The number of nitrogens with zero attached hydrogens (tertiary/aromatic N) is 7. The van der Waals surface area contributed by atoms with Crippen LogP contribution in [0.5, 0.6) is 0 Å². The maximum atomic E-state index is 15.1. The van der Waals surface area contributed by atoms with Gasteiger partial charge >= 0.3 is 28.4 Å². The van der Waals surface area contributed by atoms with Crippen LogP contribution in [0, 0.1) is 16.2 Å². The number of carbonyl (C=O) groups excluding carboxylic acids is 2. The van der Waals surface area contributed by atoms with Crippen LogP contribution in [0.1, 0.15) is 67.2 Å². The minimum absolute atomic E-state index is 0.0489. The molecule has 1 aliphatic heterocycles. The highest BCUT2D eigenvalue weighted by Crippen LogP contribution is 2.57. The fourth-order valence-corrected chi connectivity index (χ4v) is 9.21. The normalized spacial score (nSPS) is 26.4. The van der Waals surface area contributed by atoms with Gasteiger partial charge in [0.2, 0.25) is 12.7 Å². The monoisotopic (exact) mass is 944 g/mol. The van der Waals surface area contributed by atoms with Crippen LogP contribution in [0.15, 0.2) is 23.8 Å². The van der Waals surface area contributed by atoms with Gasteiger partial charge < -0.3 is 44.3 Å². The van der Waals surface area contributed by atoms with Gasteiger partial charge in [-0.15, -0.1) is 0 Å². The van der Waals surface area contributed by atoms with E-state index in [1.54, 1.807) is 53.0 Å². The molecule has 25 nitrogen and oxygen atoms in total. The van der Waals surface area contributed by atoms with Crippen LogP contribution < -0.4 is 17.0 Å². The number of anilines is 2. The van der Waals surface area contributed by atoms with E-state index in [0.717, 1.165) is 12.0 Å². The fraction of sp³-hybridized carbons (Fsp3) is 0.657. The predicted molar refractivity (Wildman–Crippen MR) is 221 cm³/mol. The molecule has 63 heavy (non-hydrogen) atoms. The number of nitrogens with two attached hydrogens (primary N) is 2. The maximum absolute atomic E-state index is 15.1. The maximum Gasteiger partial charge on any atom is 0.478 e. The lowest BCUT2D eigenvalue weighted by Gasteiger charge is -2.33. The lowest BCUT2D eigenvalue weighted by Crippen LogP contribution is -2.40. The Hall–Kier alpha value is -4.20. The Kier molecular flexibility index (Phi) is 14.6. The largest absolute Gasteiger partial charge is 0.478 e. The van der Waals surface area contributed by atoms with Gasteiger partial charge in [-0.3, -0.25) is 37.5 Å². The van der Waals surface area contributed by atoms with Crippen molar-refractivity contribution in [3.05, 3.63) is 29.3 Å². The summed E-state index contributed by atoms with van der Waals surface area (Å²) in [5.74, 6) is -1.57. The van der Waals surface area contributed by atoms with E-state index in [0.29, 0.717) is 11.2 Å². The van der Waals surface area contributed by atoms with Crippen molar-refractivity contribution in [2.45, 2.75) is 97.7 Å². The Morgan fingerprint density at radius 2 is 1.70 bits per heavy atom. The van der Waals surface area contributed by atoms with Crippen LogP contribution in [0.25, 0.3) is 22.3 Å². The Balaban J connectivity index is 1.35. The Morgan fingerprint density at radius 1 is 1.02 bits per heavy atom. The number of phosphoric acid groups is 1. The van der Waals surface area contributed by atoms with E-state index in [4.69, 9.17) is 52.7 Å². The molecule has 6 N–H and O–H groups in total. The van der Waals surface area contributed by atoms with Crippen molar-refractivity contribution in [1.82, 2.24) is 39.0 Å². The molecule has 0 bridgehead atoms. The molecule has 1 aliphatic carbocycles. The first-order valence-electron chi connectivity index (χ1n) is 19.3. The van der Waals surface area contributed by atoms with Gasteiger partial charge in [0.05, 0.1) is 42.7 Å². The number of nitrogen functional groups attached to an aromatic ring is 2. The van der Waals surface area contributed by atoms with Gasteiger partial charge in [-0.1, -0.05) is 6.92 Å². The number of carbonyl (C=O) groups is 2. The van der Waals surface area contributed by atoms with Crippen molar-refractivity contribution in [2.75, 3.05) is 44.5 Å². The van der Waals surface area contributed by atoms with Gasteiger partial charge in [0.25, 0.3) is 5.56 Å². The molecule has 1 saturated heterocycles. The number of aliphatic hydroxyl groups excluding tert-OH is 1. The summed E-state index contributed by atoms with van der Waals surface area (Å²) < 4.78 is 81.4. The molecule has 4 aromatic heterocycles. The fourth-order valence-electron chi connectivity index (χ4n) is 6.95. The zero-order valence-corrected chi connectivity index (χ0v) is 38.2. The summed E-state index contributed by atoms with van der Waals surface area (Å²) in [6.07, 6.45) is -3.49. The smallest absolute Gasteiger partial charge is 0.452 e. The summed E-state index contributed by atoms with van der Waals surface area (Å²) in [4.78, 5) is 61.4. The lowest BCUT2D eigenvalue weighted by molar-refractivity contribution is -0.161. The second-order valence-electron chi connectivity index (χ2n) is 17.1. The van der Waals surface area contributed by atoms with Crippen molar-refractivity contribution >= 4 is 74.6 Å².